The number of aliphatic hydroxyl groups excluding tert-OH is 3. The summed E-state index contributed by atoms with van der Waals surface area (Å²) in [5.41, 5.74) is 8.70. The van der Waals surface area contributed by atoms with Gasteiger partial charge in [-0.3, -0.25) is 4.79 Å². The van der Waals surface area contributed by atoms with E-state index in [0.717, 1.165) is 16.8 Å². The first-order valence-electron chi connectivity index (χ1n) is 15.1. The monoisotopic (exact) mass is 694 g/mol. The number of alkyl halides is 3. The predicted molar refractivity (Wildman–Crippen MR) is 166 cm³/mol. The molecule has 2 aromatic carbocycles. The van der Waals surface area contributed by atoms with E-state index >= 15 is 0 Å². The molecular weight excluding hydrogens is 654 g/mol. The molecule has 2 heterocycles. The zero-order chi connectivity index (χ0) is 34.3. The molecule has 0 bridgehead atoms. The summed E-state index contributed by atoms with van der Waals surface area (Å²) < 4.78 is 58.7. The van der Waals surface area contributed by atoms with Crippen molar-refractivity contribution in [1.29, 1.82) is 0 Å². The van der Waals surface area contributed by atoms with Crippen LogP contribution in [0.1, 0.15) is 34.8 Å². The molecule has 48 heavy (non-hydrogen) atoms. The Balaban J connectivity index is 0.00000625. The fraction of sp³-hybridized carbons (Fsp3) is 0.548. The molecule has 2 aromatic rings. The molecule has 13 nitrogen and oxygen atoms in total. The zero-order valence-electron chi connectivity index (χ0n) is 26.7. The Morgan fingerprint density at radius 3 is 2.42 bits per heavy atom. The van der Waals surface area contributed by atoms with E-state index in [0.29, 0.717) is 44.5 Å². The topological polar surface area (TPSA) is 193 Å². The van der Waals surface area contributed by atoms with Crippen LogP contribution in [0.15, 0.2) is 36.4 Å². The third-order valence-corrected chi connectivity index (χ3v) is 7.78. The number of hydrogen-bond donors (Lipinski definition) is 6. The molecule has 2 aliphatic heterocycles. The number of nitrogens with one attached hydrogen (secondary N) is 1. The second-order valence-corrected chi connectivity index (χ2v) is 11.5. The van der Waals surface area contributed by atoms with Crippen LogP contribution in [0.4, 0.5) is 18.9 Å². The number of hydrogen-bond acceptors (Lipinski definition) is 11. The van der Waals surface area contributed by atoms with Crippen molar-refractivity contribution < 1.29 is 62.1 Å². The van der Waals surface area contributed by atoms with Gasteiger partial charge in [-0.15, -0.1) is 0 Å². The number of benzene rings is 2. The SMILES string of the molecule is C[C@H](Cc1cc2c(c(C(N)=O)c1)N(CCCO[C@@H]1O[C@H](C(=O)O)[C@@H](O)[C@H](O)[C@H]1O)CC2)NCCOc1ccccc1OCC(F)(F)F.[Na]. The molecular formula is C31H40F3N3NaO10. The Morgan fingerprint density at radius 1 is 1.08 bits per heavy atom. The number of nitrogens with zero attached hydrogens (tertiary/aromatic N) is 1. The summed E-state index contributed by atoms with van der Waals surface area (Å²) in [6.45, 7) is 2.22. The van der Waals surface area contributed by atoms with Crippen molar-refractivity contribution in [2.24, 2.45) is 5.73 Å². The molecule has 7 N–H and O–H groups in total. The van der Waals surface area contributed by atoms with Crippen LogP contribution in [0.3, 0.4) is 0 Å². The number of carbonyl (C=O) groups excluding carboxylic acids is 1. The van der Waals surface area contributed by atoms with E-state index in [1.807, 2.05) is 17.9 Å². The number of primary amides is 1. The second kappa shape index (κ2) is 17.8. The van der Waals surface area contributed by atoms with E-state index in [1.165, 1.54) is 12.1 Å². The molecule has 261 valence electrons. The molecule has 2 aliphatic rings. The van der Waals surface area contributed by atoms with E-state index in [4.69, 9.17) is 24.7 Å². The summed E-state index contributed by atoms with van der Waals surface area (Å²) >= 11 is 0. The van der Waals surface area contributed by atoms with E-state index < -0.39 is 55.4 Å². The van der Waals surface area contributed by atoms with Gasteiger partial charge in [0.05, 0.1) is 17.9 Å². The van der Waals surface area contributed by atoms with Gasteiger partial charge < -0.3 is 55.3 Å². The first-order chi connectivity index (χ1) is 22.2. The molecule has 1 saturated heterocycles. The van der Waals surface area contributed by atoms with Crippen molar-refractivity contribution in [2.75, 3.05) is 44.4 Å². The first-order valence-corrected chi connectivity index (χ1v) is 15.1. The molecule has 0 aromatic heterocycles. The van der Waals surface area contributed by atoms with Crippen LogP contribution >= 0.6 is 0 Å². The number of para-hydroxylation sites is 2. The van der Waals surface area contributed by atoms with Crippen molar-refractivity contribution in [3.8, 4) is 11.5 Å². The number of carbonyl (C=O) groups is 2. The molecule has 0 aliphatic carbocycles. The van der Waals surface area contributed by atoms with Crippen LogP contribution in [0, 0.1) is 0 Å². The maximum absolute atomic E-state index is 12.5. The van der Waals surface area contributed by atoms with Crippen LogP contribution < -0.4 is 25.4 Å². The number of aliphatic hydroxyl groups is 3. The van der Waals surface area contributed by atoms with Gasteiger partial charge in [-0.1, -0.05) is 18.2 Å². The van der Waals surface area contributed by atoms with E-state index in [1.54, 1.807) is 18.2 Å². The normalized spacial score (nSPS) is 22.8. The largest absolute Gasteiger partial charge is 0.488 e. The number of ether oxygens (including phenoxy) is 4. The number of anilines is 1. The molecule has 4 rings (SSSR count). The van der Waals surface area contributed by atoms with Gasteiger partial charge in [0, 0.05) is 55.2 Å². The number of aliphatic carboxylic acids is 1. The standard InChI is InChI=1S/C31H40F3N3O10.Na/c1-17(36-8-12-44-21-5-2-3-6-22(21)46-16-31(32,33)34)13-18-14-19-7-10-37(23(19)20(15-18)28(35)41)9-4-11-45-30-26(40)24(38)25(39)27(47-30)29(42)43;/h2-3,5-6,14-15,17,24-27,30,36,38-40H,4,7-13,16H2,1H3,(H2,35,41)(H,42,43);/t17-,24+,25+,26-,27+,30-;/m1./s1. The van der Waals surface area contributed by atoms with Crippen LogP contribution in [-0.4, -0.2) is 144 Å². The average molecular weight is 695 g/mol. The van der Waals surface area contributed by atoms with Gasteiger partial charge in [0.25, 0.3) is 5.91 Å². The van der Waals surface area contributed by atoms with Crippen LogP contribution in [0.25, 0.3) is 0 Å². The van der Waals surface area contributed by atoms with Crippen molar-refractivity contribution in [3.05, 3.63) is 53.1 Å². The van der Waals surface area contributed by atoms with Crippen LogP contribution in [0.2, 0.25) is 0 Å². The quantitative estimate of drug-likeness (QED) is 0.106. The zero-order valence-corrected chi connectivity index (χ0v) is 28.7. The van der Waals surface area contributed by atoms with Gasteiger partial charge in [0.2, 0.25) is 0 Å². The summed E-state index contributed by atoms with van der Waals surface area (Å²) in [4.78, 5) is 25.8. The second-order valence-electron chi connectivity index (χ2n) is 11.5. The summed E-state index contributed by atoms with van der Waals surface area (Å²) in [5, 5.41) is 42.4. The van der Waals surface area contributed by atoms with Gasteiger partial charge in [-0.25, -0.2) is 4.79 Å². The number of carboxylic acids is 1. The van der Waals surface area contributed by atoms with Crippen molar-refractivity contribution in [3.63, 3.8) is 0 Å². The number of fused-ring (bicyclic) bond motifs is 1. The molecule has 0 unspecified atom stereocenters. The smallest absolute Gasteiger partial charge is 0.422 e. The molecule has 1 amide bonds. The summed E-state index contributed by atoms with van der Waals surface area (Å²) in [5.74, 6) is -1.88. The van der Waals surface area contributed by atoms with Gasteiger partial charge in [0.15, 0.2) is 30.5 Å². The fourth-order valence-corrected chi connectivity index (χ4v) is 5.61. The fourth-order valence-electron chi connectivity index (χ4n) is 5.61. The predicted octanol–water partition coefficient (Wildman–Crippen LogP) is 0.607. The van der Waals surface area contributed by atoms with E-state index in [9.17, 15) is 43.2 Å². The van der Waals surface area contributed by atoms with Crippen LogP contribution in [-0.2, 0) is 27.1 Å². The van der Waals surface area contributed by atoms with Crippen molar-refractivity contribution >= 4 is 47.1 Å². The summed E-state index contributed by atoms with van der Waals surface area (Å²) in [6.07, 6.45) is -11.2. The minimum atomic E-state index is -4.46. The number of nitrogens with two attached hydrogens (primary N) is 1. The maximum Gasteiger partial charge on any atom is 0.422 e. The van der Waals surface area contributed by atoms with Crippen molar-refractivity contribution in [2.45, 2.75) is 69.1 Å². The minimum absolute atomic E-state index is 0. The minimum Gasteiger partial charge on any atom is -0.488 e. The van der Waals surface area contributed by atoms with E-state index in [-0.39, 0.29) is 60.3 Å². The van der Waals surface area contributed by atoms with Gasteiger partial charge in [-0.05, 0) is 55.5 Å². The Labute approximate surface area is 297 Å². The number of amides is 1. The van der Waals surface area contributed by atoms with Crippen LogP contribution in [0.5, 0.6) is 11.5 Å². The molecule has 17 heteroatoms. The summed E-state index contributed by atoms with van der Waals surface area (Å²) in [7, 11) is 0. The van der Waals surface area contributed by atoms with Gasteiger partial charge in [0.1, 0.15) is 24.9 Å². The number of halogens is 3. The average Bonchev–Trinajstić information content (AvgIpc) is 3.42. The first kappa shape index (κ1) is 39.8. The van der Waals surface area contributed by atoms with Gasteiger partial charge in [-0.2, -0.15) is 13.2 Å². The Morgan fingerprint density at radius 2 is 1.77 bits per heavy atom. The molecule has 1 radical (unpaired) electrons. The molecule has 0 spiro atoms. The number of rotatable bonds is 16. The Hall–Kier alpha value is -2.67. The van der Waals surface area contributed by atoms with Crippen molar-refractivity contribution in [1.82, 2.24) is 5.32 Å². The number of carboxylic acid groups (broad SMARTS) is 1. The molecule has 1 fully saturated rings. The molecule has 6 atom stereocenters. The van der Waals surface area contributed by atoms with Gasteiger partial charge >= 0.3 is 12.1 Å². The Bertz CT molecular complexity index is 1390. The maximum atomic E-state index is 12.5. The third-order valence-electron chi connectivity index (χ3n) is 7.78. The Kier molecular flexibility index (Phi) is 14.8. The van der Waals surface area contributed by atoms with E-state index in [2.05, 4.69) is 5.32 Å². The molecule has 0 saturated carbocycles. The summed E-state index contributed by atoms with van der Waals surface area (Å²) in [6, 6.07) is 9.87. The third kappa shape index (κ3) is 10.7.